The first kappa shape index (κ1) is 17.2. The molecule has 0 N–H and O–H groups in total. The number of anilines is 1. The van der Waals surface area contributed by atoms with Crippen LogP contribution in [0.2, 0.25) is 0 Å². The summed E-state index contributed by atoms with van der Waals surface area (Å²) in [5.41, 5.74) is 1.46. The molecular formula is C20H26N4O2. The lowest BCUT2D eigenvalue weighted by molar-refractivity contribution is 0.0798. The molecule has 4 rings (SSSR count). The van der Waals surface area contributed by atoms with Crippen molar-refractivity contribution in [2.75, 3.05) is 51.4 Å². The Morgan fingerprint density at radius 3 is 2.69 bits per heavy atom. The second-order valence-corrected chi connectivity index (χ2v) is 7.33. The molecule has 26 heavy (non-hydrogen) atoms. The van der Waals surface area contributed by atoms with Crippen LogP contribution in [-0.2, 0) is 11.3 Å². The van der Waals surface area contributed by atoms with E-state index in [0.29, 0.717) is 0 Å². The molecule has 3 heterocycles. The lowest BCUT2D eigenvalue weighted by Gasteiger charge is -2.31. The summed E-state index contributed by atoms with van der Waals surface area (Å²) in [5, 5.41) is 0. The van der Waals surface area contributed by atoms with E-state index in [9.17, 15) is 0 Å². The van der Waals surface area contributed by atoms with Crippen molar-refractivity contribution < 1.29 is 9.47 Å². The van der Waals surface area contributed by atoms with Gasteiger partial charge in [0, 0.05) is 50.5 Å². The molecule has 0 saturated carbocycles. The lowest BCUT2D eigenvalue weighted by Crippen LogP contribution is -2.40. The fourth-order valence-electron chi connectivity index (χ4n) is 4.01. The normalized spacial score (nSPS) is 24.0. The van der Waals surface area contributed by atoms with Gasteiger partial charge in [-0.2, -0.15) is 0 Å². The molecule has 0 bridgehead atoms. The lowest BCUT2D eigenvalue weighted by atomic mass is 9.87. The van der Waals surface area contributed by atoms with Gasteiger partial charge in [0.05, 0.1) is 20.3 Å². The molecule has 2 aliphatic heterocycles. The van der Waals surface area contributed by atoms with Gasteiger partial charge >= 0.3 is 0 Å². The van der Waals surface area contributed by atoms with Crippen LogP contribution in [0, 0.1) is 5.41 Å². The van der Waals surface area contributed by atoms with Crippen LogP contribution in [0.1, 0.15) is 12.0 Å². The molecule has 6 nitrogen and oxygen atoms in total. The minimum Gasteiger partial charge on any atom is -0.497 e. The summed E-state index contributed by atoms with van der Waals surface area (Å²) < 4.78 is 11.2. The van der Waals surface area contributed by atoms with E-state index in [4.69, 9.17) is 9.47 Å². The minimum absolute atomic E-state index is 0.155. The van der Waals surface area contributed by atoms with Crippen LogP contribution in [0.25, 0.3) is 0 Å². The smallest absolute Gasteiger partial charge is 0.225 e. The Bertz CT molecular complexity index is 710. The molecule has 2 aromatic rings. The van der Waals surface area contributed by atoms with Gasteiger partial charge in [-0.3, -0.25) is 4.90 Å². The third kappa shape index (κ3) is 3.81. The molecule has 0 amide bonds. The quantitative estimate of drug-likeness (QED) is 0.839. The molecular weight excluding hydrogens is 328 g/mol. The largest absolute Gasteiger partial charge is 0.497 e. The van der Waals surface area contributed by atoms with Gasteiger partial charge < -0.3 is 14.4 Å². The fourth-order valence-corrected chi connectivity index (χ4v) is 4.01. The van der Waals surface area contributed by atoms with Crippen LogP contribution in [0.15, 0.2) is 42.7 Å². The Morgan fingerprint density at radius 1 is 1.12 bits per heavy atom. The van der Waals surface area contributed by atoms with Crippen molar-refractivity contribution in [3.8, 4) is 5.75 Å². The number of ether oxygens (including phenoxy) is 2. The zero-order valence-electron chi connectivity index (χ0n) is 15.3. The number of hydrogen-bond acceptors (Lipinski definition) is 6. The van der Waals surface area contributed by atoms with Crippen molar-refractivity contribution in [3.05, 3.63) is 48.3 Å². The third-order valence-corrected chi connectivity index (χ3v) is 5.36. The number of methoxy groups -OCH3 is 1. The molecule has 1 unspecified atom stereocenters. The molecule has 2 saturated heterocycles. The van der Waals surface area contributed by atoms with E-state index < -0.39 is 0 Å². The molecule has 0 aliphatic carbocycles. The van der Waals surface area contributed by atoms with E-state index in [2.05, 4.69) is 31.9 Å². The second kappa shape index (κ2) is 7.60. The summed E-state index contributed by atoms with van der Waals surface area (Å²) in [6, 6.07) is 10.2. The Hall–Kier alpha value is -2.18. The van der Waals surface area contributed by atoms with Gasteiger partial charge in [0.25, 0.3) is 0 Å². The Morgan fingerprint density at radius 2 is 1.92 bits per heavy atom. The van der Waals surface area contributed by atoms with Crippen molar-refractivity contribution >= 4 is 5.95 Å². The summed E-state index contributed by atoms with van der Waals surface area (Å²) in [6.45, 7) is 6.50. The highest BCUT2D eigenvalue weighted by molar-refractivity contribution is 5.32. The highest BCUT2D eigenvalue weighted by atomic mass is 16.5. The topological polar surface area (TPSA) is 50.7 Å². The van der Waals surface area contributed by atoms with E-state index in [1.165, 1.54) is 5.56 Å². The molecule has 138 valence electrons. The van der Waals surface area contributed by atoms with Gasteiger partial charge in [0.2, 0.25) is 5.95 Å². The zero-order valence-corrected chi connectivity index (χ0v) is 15.3. The number of benzene rings is 1. The van der Waals surface area contributed by atoms with Gasteiger partial charge in [-0.25, -0.2) is 9.97 Å². The molecule has 2 aliphatic rings. The summed E-state index contributed by atoms with van der Waals surface area (Å²) in [5.74, 6) is 1.73. The zero-order chi connectivity index (χ0) is 17.8. The minimum atomic E-state index is 0.155. The maximum Gasteiger partial charge on any atom is 0.225 e. The highest BCUT2D eigenvalue weighted by Gasteiger charge is 2.41. The van der Waals surface area contributed by atoms with E-state index in [1.807, 2.05) is 30.6 Å². The first-order valence-corrected chi connectivity index (χ1v) is 9.21. The number of aromatic nitrogens is 2. The van der Waals surface area contributed by atoms with E-state index >= 15 is 0 Å². The van der Waals surface area contributed by atoms with Gasteiger partial charge in [-0.1, -0.05) is 12.1 Å². The summed E-state index contributed by atoms with van der Waals surface area (Å²) in [7, 11) is 1.70. The molecule has 0 radical (unpaired) electrons. The van der Waals surface area contributed by atoms with Crippen LogP contribution in [0.4, 0.5) is 5.95 Å². The molecule has 1 spiro atoms. The Kier molecular flexibility index (Phi) is 5.04. The Balaban J connectivity index is 1.44. The summed E-state index contributed by atoms with van der Waals surface area (Å²) in [6.07, 6.45) is 4.74. The van der Waals surface area contributed by atoms with Crippen molar-refractivity contribution in [2.45, 2.75) is 13.0 Å². The third-order valence-electron chi connectivity index (χ3n) is 5.36. The molecule has 1 aromatic heterocycles. The van der Waals surface area contributed by atoms with Crippen LogP contribution in [-0.4, -0.2) is 61.4 Å². The van der Waals surface area contributed by atoms with Crippen LogP contribution in [0.5, 0.6) is 5.75 Å². The second-order valence-electron chi connectivity index (χ2n) is 7.33. The maximum atomic E-state index is 5.99. The van der Waals surface area contributed by atoms with Gasteiger partial charge in [-0.05, 0) is 30.2 Å². The average Bonchev–Trinajstić information content (AvgIpc) is 3.00. The van der Waals surface area contributed by atoms with Gasteiger partial charge in [0.15, 0.2) is 0 Å². The maximum absolute atomic E-state index is 5.99. The number of rotatable bonds is 4. The van der Waals surface area contributed by atoms with Crippen molar-refractivity contribution in [1.82, 2.24) is 14.9 Å². The van der Waals surface area contributed by atoms with E-state index in [0.717, 1.165) is 64.1 Å². The highest BCUT2D eigenvalue weighted by Crippen LogP contribution is 2.35. The summed E-state index contributed by atoms with van der Waals surface area (Å²) >= 11 is 0. The number of hydrogen-bond donors (Lipinski definition) is 0. The molecule has 1 aromatic carbocycles. The summed E-state index contributed by atoms with van der Waals surface area (Å²) in [4.78, 5) is 13.6. The first-order valence-electron chi connectivity index (χ1n) is 9.21. The van der Waals surface area contributed by atoms with Gasteiger partial charge in [0.1, 0.15) is 5.75 Å². The van der Waals surface area contributed by atoms with E-state index in [-0.39, 0.29) is 5.41 Å². The fraction of sp³-hybridized carbons (Fsp3) is 0.500. The Labute approximate surface area is 154 Å². The SMILES string of the molecule is COc1ccc(CN2CCOCC3(CCN(c4ncccn4)C3)C2)cc1. The van der Waals surface area contributed by atoms with Crippen molar-refractivity contribution in [3.63, 3.8) is 0 Å². The average molecular weight is 354 g/mol. The van der Waals surface area contributed by atoms with Crippen LogP contribution >= 0.6 is 0 Å². The predicted octanol–water partition coefficient (Wildman–Crippen LogP) is 2.21. The monoisotopic (exact) mass is 354 g/mol. The van der Waals surface area contributed by atoms with Crippen molar-refractivity contribution in [2.24, 2.45) is 5.41 Å². The molecule has 6 heteroatoms. The standard InChI is InChI=1S/C20H26N4O2/c1-25-18-5-3-17(4-6-18)13-23-11-12-26-16-20(14-23)7-10-24(15-20)19-21-8-2-9-22-19/h2-6,8-9H,7,10-16H2,1H3. The van der Waals surface area contributed by atoms with Crippen LogP contribution in [0.3, 0.4) is 0 Å². The molecule has 1 atom stereocenters. The van der Waals surface area contributed by atoms with Gasteiger partial charge in [-0.15, -0.1) is 0 Å². The van der Waals surface area contributed by atoms with E-state index in [1.54, 1.807) is 7.11 Å². The first-order chi connectivity index (χ1) is 12.8. The number of nitrogens with zero attached hydrogens (tertiary/aromatic N) is 4. The van der Waals surface area contributed by atoms with Crippen molar-refractivity contribution in [1.29, 1.82) is 0 Å². The molecule has 2 fully saturated rings. The predicted molar refractivity (Wildman–Crippen MR) is 100 cm³/mol. The van der Waals surface area contributed by atoms with Crippen LogP contribution < -0.4 is 9.64 Å².